The van der Waals surface area contributed by atoms with Crippen molar-refractivity contribution in [3.63, 3.8) is 0 Å². The summed E-state index contributed by atoms with van der Waals surface area (Å²) in [5.41, 5.74) is 1.20. The first-order valence-corrected chi connectivity index (χ1v) is 8.66. The molecule has 0 spiro atoms. The molecule has 0 saturated carbocycles. The van der Waals surface area contributed by atoms with Gasteiger partial charge in [0.2, 0.25) is 10.9 Å². The number of aromatic nitrogens is 2. The molecule has 0 bridgehead atoms. The molecule has 0 unspecified atom stereocenters. The lowest BCUT2D eigenvalue weighted by molar-refractivity contribution is -0.116. The largest absolute Gasteiger partial charge is 0.326 e. The minimum atomic E-state index is -0.363. The first-order valence-electron chi connectivity index (χ1n) is 7.84. The number of nitrogens with one attached hydrogen (secondary N) is 2. The molecule has 2 N–H and O–H groups in total. The van der Waals surface area contributed by atoms with Crippen LogP contribution in [0.4, 0.5) is 15.8 Å². The highest BCUT2D eigenvalue weighted by atomic mass is 32.1. The van der Waals surface area contributed by atoms with Crippen LogP contribution in [0.3, 0.4) is 0 Å². The van der Waals surface area contributed by atoms with Gasteiger partial charge in [-0.05, 0) is 36.4 Å². The van der Waals surface area contributed by atoms with Gasteiger partial charge in [0.05, 0.1) is 0 Å². The molecule has 2 aromatic carbocycles. The monoisotopic (exact) mass is 370 g/mol. The van der Waals surface area contributed by atoms with E-state index in [1.165, 1.54) is 24.3 Å². The maximum absolute atomic E-state index is 12.8. The molecule has 0 aliphatic heterocycles. The van der Waals surface area contributed by atoms with Gasteiger partial charge in [0.15, 0.2) is 0 Å². The van der Waals surface area contributed by atoms with E-state index in [2.05, 4.69) is 20.8 Å². The zero-order valence-electron chi connectivity index (χ0n) is 13.6. The molecular weight excluding hydrogens is 355 g/mol. The van der Waals surface area contributed by atoms with Crippen LogP contribution >= 0.6 is 11.3 Å². The lowest BCUT2D eigenvalue weighted by Gasteiger charge is -2.03. The van der Waals surface area contributed by atoms with Crippen molar-refractivity contribution in [1.29, 1.82) is 0 Å². The van der Waals surface area contributed by atoms with Crippen LogP contribution in [0.2, 0.25) is 0 Å². The average Bonchev–Trinajstić information content (AvgIpc) is 3.12. The molecular formula is C18H15FN4O2S. The van der Waals surface area contributed by atoms with Crippen LogP contribution < -0.4 is 10.6 Å². The van der Waals surface area contributed by atoms with Gasteiger partial charge < -0.3 is 10.6 Å². The second-order valence-corrected chi connectivity index (χ2v) is 6.44. The molecule has 26 heavy (non-hydrogen) atoms. The number of carbonyl (C=O) groups is 2. The number of hydrogen-bond acceptors (Lipinski definition) is 5. The van der Waals surface area contributed by atoms with Crippen LogP contribution in [0.5, 0.6) is 0 Å². The maximum Gasteiger partial charge on any atom is 0.286 e. The summed E-state index contributed by atoms with van der Waals surface area (Å²) in [5, 5.41) is 14.1. The maximum atomic E-state index is 12.8. The third-order valence-corrected chi connectivity index (χ3v) is 4.37. The second kappa shape index (κ2) is 8.30. The Balaban J connectivity index is 1.51. The zero-order chi connectivity index (χ0) is 18.4. The number of carbonyl (C=O) groups excluding carboxylic acids is 2. The molecule has 0 saturated heterocycles. The molecule has 8 heteroatoms. The van der Waals surface area contributed by atoms with Crippen molar-refractivity contribution < 1.29 is 14.0 Å². The molecule has 0 fully saturated rings. The predicted molar refractivity (Wildman–Crippen MR) is 97.7 cm³/mol. The number of amides is 2. The highest BCUT2D eigenvalue weighted by Crippen LogP contribution is 2.15. The van der Waals surface area contributed by atoms with Gasteiger partial charge in [0.1, 0.15) is 10.8 Å². The Morgan fingerprint density at radius 1 is 0.923 bits per heavy atom. The summed E-state index contributed by atoms with van der Waals surface area (Å²) in [4.78, 5) is 24.0. The van der Waals surface area contributed by atoms with E-state index in [1.54, 1.807) is 12.1 Å². The number of rotatable bonds is 6. The van der Waals surface area contributed by atoms with E-state index in [1.807, 2.05) is 18.2 Å². The molecule has 0 aliphatic carbocycles. The number of hydrogen-bond donors (Lipinski definition) is 2. The quantitative estimate of drug-likeness (QED) is 0.696. The smallest absolute Gasteiger partial charge is 0.286 e. The fourth-order valence-electron chi connectivity index (χ4n) is 2.13. The number of nitrogens with zero attached hydrogens (tertiary/aromatic N) is 2. The van der Waals surface area contributed by atoms with Crippen molar-refractivity contribution in [1.82, 2.24) is 10.2 Å². The van der Waals surface area contributed by atoms with Crippen LogP contribution in [0.15, 0.2) is 54.6 Å². The van der Waals surface area contributed by atoms with E-state index in [-0.39, 0.29) is 29.1 Å². The van der Waals surface area contributed by atoms with E-state index in [9.17, 15) is 14.0 Å². The van der Waals surface area contributed by atoms with E-state index in [0.29, 0.717) is 22.8 Å². The Hall–Kier alpha value is -3.13. The third-order valence-electron chi connectivity index (χ3n) is 3.39. The topological polar surface area (TPSA) is 84.0 Å². The van der Waals surface area contributed by atoms with Crippen LogP contribution in [0, 0.1) is 5.82 Å². The number of aryl methyl sites for hydroxylation is 1. The summed E-state index contributed by atoms with van der Waals surface area (Å²) in [6.45, 7) is 0. The SMILES string of the molecule is O=C(CCc1nnc(C(=O)Nc2ccccc2)s1)Nc1ccc(F)cc1. The average molecular weight is 370 g/mol. The first-order chi connectivity index (χ1) is 12.6. The first kappa shape index (κ1) is 17.7. The standard InChI is InChI=1S/C18H15FN4O2S/c19-12-6-8-14(9-7-12)20-15(24)10-11-16-22-23-18(26-16)17(25)21-13-4-2-1-3-5-13/h1-9H,10-11H2,(H,20,24)(H,21,25). The zero-order valence-corrected chi connectivity index (χ0v) is 14.4. The van der Waals surface area contributed by atoms with Crippen molar-refractivity contribution >= 4 is 34.5 Å². The highest BCUT2D eigenvalue weighted by molar-refractivity contribution is 7.13. The van der Waals surface area contributed by atoms with Gasteiger partial charge in [-0.3, -0.25) is 9.59 Å². The molecule has 3 rings (SSSR count). The molecule has 6 nitrogen and oxygen atoms in total. The van der Waals surface area contributed by atoms with Crippen LogP contribution in [0.1, 0.15) is 21.2 Å². The van der Waals surface area contributed by atoms with Crippen LogP contribution in [-0.2, 0) is 11.2 Å². The Morgan fingerprint density at radius 2 is 1.62 bits per heavy atom. The molecule has 2 amide bonds. The number of anilines is 2. The van der Waals surface area contributed by atoms with Crippen molar-refractivity contribution in [2.24, 2.45) is 0 Å². The summed E-state index contributed by atoms with van der Waals surface area (Å²) in [6.07, 6.45) is 0.551. The summed E-state index contributed by atoms with van der Waals surface area (Å²) < 4.78 is 12.8. The van der Waals surface area contributed by atoms with Crippen molar-refractivity contribution in [3.8, 4) is 0 Å². The van der Waals surface area contributed by atoms with E-state index < -0.39 is 0 Å². The fourth-order valence-corrected chi connectivity index (χ4v) is 2.86. The summed E-state index contributed by atoms with van der Waals surface area (Å²) in [6, 6.07) is 14.6. The normalized spacial score (nSPS) is 10.3. The van der Waals surface area contributed by atoms with E-state index >= 15 is 0 Å². The molecule has 0 aliphatic rings. The molecule has 1 heterocycles. The molecule has 1 aromatic heterocycles. The van der Waals surface area contributed by atoms with Gasteiger partial charge in [0.25, 0.3) is 5.91 Å². The summed E-state index contributed by atoms with van der Waals surface area (Å²) in [5.74, 6) is -0.920. The molecule has 3 aromatic rings. The van der Waals surface area contributed by atoms with E-state index in [0.717, 1.165) is 11.3 Å². The highest BCUT2D eigenvalue weighted by Gasteiger charge is 2.14. The Bertz CT molecular complexity index is 897. The van der Waals surface area contributed by atoms with Gasteiger partial charge >= 0.3 is 0 Å². The van der Waals surface area contributed by atoms with Crippen molar-refractivity contribution in [2.45, 2.75) is 12.8 Å². The number of benzene rings is 2. The van der Waals surface area contributed by atoms with Crippen LogP contribution in [-0.4, -0.2) is 22.0 Å². The van der Waals surface area contributed by atoms with Crippen molar-refractivity contribution in [3.05, 3.63) is 70.4 Å². The van der Waals surface area contributed by atoms with Crippen LogP contribution in [0.25, 0.3) is 0 Å². The lowest BCUT2D eigenvalue weighted by atomic mass is 10.2. The van der Waals surface area contributed by atoms with Crippen molar-refractivity contribution in [2.75, 3.05) is 10.6 Å². The fraction of sp³-hybridized carbons (Fsp3) is 0.111. The van der Waals surface area contributed by atoms with Gasteiger partial charge in [-0.2, -0.15) is 0 Å². The Morgan fingerprint density at radius 3 is 2.35 bits per heavy atom. The molecule has 0 radical (unpaired) electrons. The predicted octanol–water partition coefficient (Wildman–Crippen LogP) is 3.50. The summed E-state index contributed by atoms with van der Waals surface area (Å²) >= 11 is 1.15. The molecule has 0 atom stereocenters. The van der Waals surface area contributed by atoms with E-state index in [4.69, 9.17) is 0 Å². The minimum Gasteiger partial charge on any atom is -0.326 e. The van der Waals surface area contributed by atoms with Gasteiger partial charge in [-0.25, -0.2) is 4.39 Å². The van der Waals surface area contributed by atoms with Gasteiger partial charge in [-0.15, -0.1) is 10.2 Å². The molecule has 132 valence electrons. The second-order valence-electron chi connectivity index (χ2n) is 5.38. The Labute approximate surface area is 153 Å². The van der Waals surface area contributed by atoms with Gasteiger partial charge in [-0.1, -0.05) is 29.5 Å². The summed E-state index contributed by atoms with van der Waals surface area (Å²) in [7, 11) is 0. The third kappa shape index (κ3) is 4.93. The minimum absolute atomic E-state index is 0.187. The number of para-hydroxylation sites is 1. The van der Waals surface area contributed by atoms with Gasteiger partial charge in [0, 0.05) is 24.2 Å². The lowest BCUT2D eigenvalue weighted by Crippen LogP contribution is -2.12. The number of halogens is 1. The Kier molecular flexibility index (Phi) is 5.65.